The lowest BCUT2D eigenvalue weighted by Crippen LogP contribution is -2.52. The van der Waals surface area contributed by atoms with E-state index in [1.807, 2.05) is 19.9 Å². The van der Waals surface area contributed by atoms with Crippen LogP contribution in [0.15, 0.2) is 48.8 Å². The fourth-order valence-corrected chi connectivity index (χ4v) is 7.10. The number of piperidine rings is 1. The average molecular weight is 677 g/mol. The number of hydrogen-bond donors (Lipinski definition) is 2. The van der Waals surface area contributed by atoms with Gasteiger partial charge in [-0.25, -0.2) is 13.9 Å². The highest BCUT2D eigenvalue weighted by Crippen LogP contribution is 2.40. The maximum atomic E-state index is 12.0. The molecule has 0 amide bonds. The van der Waals surface area contributed by atoms with Gasteiger partial charge in [-0.15, -0.1) is 0 Å². The van der Waals surface area contributed by atoms with Gasteiger partial charge in [-0.05, 0) is 32.0 Å². The maximum absolute atomic E-state index is 12.0. The van der Waals surface area contributed by atoms with Crippen molar-refractivity contribution in [1.29, 1.82) is 0 Å². The van der Waals surface area contributed by atoms with E-state index in [1.165, 1.54) is 12.4 Å². The van der Waals surface area contributed by atoms with Crippen LogP contribution in [0.1, 0.15) is 26.7 Å². The summed E-state index contributed by atoms with van der Waals surface area (Å²) >= 11 is 13.3. The molecule has 0 atom stereocenters. The second-order valence-corrected chi connectivity index (χ2v) is 13.0. The third-order valence-corrected chi connectivity index (χ3v) is 9.68. The minimum absolute atomic E-state index is 0.207. The van der Waals surface area contributed by atoms with E-state index in [4.69, 9.17) is 27.9 Å². The number of benzene rings is 2. The molecule has 2 aromatic carbocycles. The first kappa shape index (κ1) is 33.2. The summed E-state index contributed by atoms with van der Waals surface area (Å²) in [5, 5.41) is 4.51. The van der Waals surface area contributed by atoms with Crippen LogP contribution in [0.2, 0.25) is 10.0 Å². The molecule has 2 fully saturated rings. The number of ether oxygens (including phenoxy) is 1. The number of rotatable bonds is 7. The summed E-state index contributed by atoms with van der Waals surface area (Å²) in [6, 6.07) is 11.1. The van der Waals surface area contributed by atoms with Gasteiger partial charge in [-0.2, -0.15) is 8.42 Å². The lowest BCUT2D eigenvalue weighted by Gasteiger charge is -2.42. The Morgan fingerprint density at radius 3 is 2.36 bits per heavy atom. The maximum Gasteiger partial charge on any atom is 0.363 e. The van der Waals surface area contributed by atoms with E-state index in [9.17, 15) is 13.0 Å². The molecular formula is C31H39Cl2N7O4S. The van der Waals surface area contributed by atoms with Crippen molar-refractivity contribution in [2.24, 2.45) is 0 Å². The zero-order chi connectivity index (χ0) is 32.3. The number of methoxy groups -OCH3 is 1. The van der Waals surface area contributed by atoms with Gasteiger partial charge in [0.15, 0.2) is 0 Å². The van der Waals surface area contributed by atoms with Crippen molar-refractivity contribution in [2.75, 3.05) is 63.6 Å². The predicted octanol–water partition coefficient (Wildman–Crippen LogP) is 6.05. The van der Waals surface area contributed by atoms with Crippen LogP contribution in [0.25, 0.3) is 22.2 Å². The highest BCUT2D eigenvalue weighted by Gasteiger charge is 2.28. The first-order valence-corrected chi connectivity index (χ1v) is 17.2. The van der Waals surface area contributed by atoms with Gasteiger partial charge in [0.1, 0.15) is 5.75 Å². The molecule has 4 aromatic rings. The Balaban J connectivity index is 0.00000196. The van der Waals surface area contributed by atoms with Gasteiger partial charge >= 0.3 is 10.3 Å². The number of hydrogen-bond acceptors (Lipinski definition) is 9. The minimum Gasteiger partial charge on any atom is -0.494 e. The minimum atomic E-state index is -4.55. The van der Waals surface area contributed by atoms with Crippen molar-refractivity contribution in [1.82, 2.24) is 23.7 Å². The van der Waals surface area contributed by atoms with Crippen molar-refractivity contribution in [2.45, 2.75) is 32.7 Å². The highest BCUT2D eigenvalue weighted by molar-refractivity contribution is 7.84. The Kier molecular flexibility index (Phi) is 10.4. The number of fused-ring (bicyclic) bond motifs is 1. The van der Waals surface area contributed by atoms with Crippen molar-refractivity contribution in [3.8, 4) is 17.0 Å². The number of piperazine rings is 1. The zero-order valence-electron chi connectivity index (χ0n) is 25.9. The van der Waals surface area contributed by atoms with Crippen molar-refractivity contribution in [3.63, 3.8) is 0 Å². The van der Waals surface area contributed by atoms with E-state index in [0.29, 0.717) is 44.7 Å². The molecule has 242 valence electrons. The number of anilines is 3. The molecule has 2 N–H and O–H groups in total. The largest absolute Gasteiger partial charge is 0.494 e. The molecular weight excluding hydrogens is 637 g/mol. The van der Waals surface area contributed by atoms with E-state index < -0.39 is 10.3 Å². The summed E-state index contributed by atoms with van der Waals surface area (Å²) in [7, 11) is -0.779. The van der Waals surface area contributed by atoms with Gasteiger partial charge in [0.25, 0.3) is 0 Å². The number of nitrogens with one attached hydrogen (secondary N) is 1. The summed E-state index contributed by atoms with van der Waals surface area (Å²) in [6.07, 6.45) is 4.88. The van der Waals surface area contributed by atoms with E-state index in [-0.39, 0.29) is 11.0 Å². The van der Waals surface area contributed by atoms with Crippen LogP contribution in [0.5, 0.6) is 5.75 Å². The predicted molar refractivity (Wildman–Crippen MR) is 182 cm³/mol. The van der Waals surface area contributed by atoms with Crippen molar-refractivity contribution < 1.29 is 17.7 Å². The third-order valence-electron chi connectivity index (χ3n) is 8.30. The molecule has 0 aliphatic carbocycles. The zero-order valence-corrected chi connectivity index (χ0v) is 28.2. The fraction of sp³-hybridized carbons (Fsp3) is 0.419. The second kappa shape index (κ2) is 14.1. The summed E-state index contributed by atoms with van der Waals surface area (Å²) in [4.78, 5) is 16.2. The van der Waals surface area contributed by atoms with Crippen LogP contribution in [0.4, 0.5) is 17.3 Å². The topological polar surface area (TPSA) is 116 Å². The van der Waals surface area contributed by atoms with Crippen LogP contribution >= 0.6 is 23.2 Å². The molecule has 2 aliphatic rings. The Morgan fingerprint density at radius 2 is 1.69 bits per heavy atom. The lowest BCUT2D eigenvalue weighted by atomic mass is 10.0. The first-order chi connectivity index (χ1) is 21.6. The molecule has 2 aromatic heterocycles. The first-order valence-electron chi connectivity index (χ1n) is 15.1. The molecule has 45 heavy (non-hydrogen) atoms. The van der Waals surface area contributed by atoms with Gasteiger partial charge in [0, 0.05) is 68.5 Å². The molecule has 14 heteroatoms. The summed E-state index contributed by atoms with van der Waals surface area (Å²) < 4.78 is 40.4. The molecule has 0 unspecified atom stereocenters. The van der Waals surface area contributed by atoms with E-state index >= 15 is 0 Å². The van der Waals surface area contributed by atoms with Crippen LogP contribution in [0, 0.1) is 0 Å². The monoisotopic (exact) mass is 675 g/mol. The van der Waals surface area contributed by atoms with Gasteiger partial charge in [0.2, 0.25) is 5.95 Å². The van der Waals surface area contributed by atoms with E-state index in [1.54, 1.807) is 37.4 Å². The number of para-hydroxylation sites is 1. The average Bonchev–Trinajstić information content (AvgIpc) is 3.44. The van der Waals surface area contributed by atoms with Crippen LogP contribution in [-0.4, -0.2) is 96.2 Å². The normalized spacial score (nSPS) is 16.8. The van der Waals surface area contributed by atoms with Crippen molar-refractivity contribution >= 4 is 61.7 Å². The molecule has 2 saturated heterocycles. The molecule has 0 radical (unpaired) electrons. The van der Waals surface area contributed by atoms with E-state index in [2.05, 4.69) is 37.0 Å². The number of nitrogens with zero attached hydrogens (tertiary/aromatic N) is 6. The Labute approximate surface area is 274 Å². The molecule has 11 nitrogen and oxygen atoms in total. The third kappa shape index (κ3) is 7.16. The molecule has 0 saturated carbocycles. The van der Waals surface area contributed by atoms with Crippen LogP contribution in [-0.2, 0) is 10.3 Å². The van der Waals surface area contributed by atoms with E-state index in [0.717, 1.165) is 61.8 Å². The van der Waals surface area contributed by atoms with Gasteiger partial charge in [0.05, 0.1) is 45.9 Å². The SMILES string of the molecule is CC.COc1cc(N2CCC(N3CCN(C)CC3)CC2)c(Cl)cc1Nc1ncc(Cl)c(-c2cn(S(=O)(=O)O)c3ccccc23)n1. The van der Waals surface area contributed by atoms with Crippen molar-refractivity contribution in [3.05, 3.63) is 58.8 Å². The Hall–Kier alpha value is -3.13. The quantitative estimate of drug-likeness (QED) is 0.224. The summed E-state index contributed by atoms with van der Waals surface area (Å²) in [5.41, 5.74) is 2.49. The Morgan fingerprint density at radius 1 is 1.00 bits per heavy atom. The Bertz CT molecular complexity index is 1750. The molecule has 0 spiro atoms. The fourth-order valence-electron chi connectivity index (χ4n) is 5.98. The number of likely N-dealkylation sites (N-methyl/N-ethyl adjacent to an activating group) is 1. The van der Waals surface area contributed by atoms with Gasteiger partial charge < -0.3 is 19.9 Å². The summed E-state index contributed by atoms with van der Waals surface area (Å²) in [5.74, 6) is 0.780. The highest BCUT2D eigenvalue weighted by atomic mass is 35.5. The van der Waals surface area contributed by atoms with Crippen LogP contribution in [0.3, 0.4) is 0 Å². The number of aromatic nitrogens is 3. The second-order valence-electron chi connectivity index (χ2n) is 10.9. The molecule has 0 bridgehead atoms. The van der Waals surface area contributed by atoms with Gasteiger partial charge in [-0.3, -0.25) is 9.45 Å². The molecule has 4 heterocycles. The lowest BCUT2D eigenvalue weighted by molar-refractivity contribution is 0.0982. The molecule has 6 rings (SSSR count). The smallest absolute Gasteiger partial charge is 0.363 e. The standard InChI is InChI=1S/C29H33Cl2N7O4S.C2H6/c1-35-11-13-36(14-12-35)19-7-9-37(10-8-19)26-16-27(42-2)24(15-22(26)30)33-29-32-17-23(31)28(34-29)21-18-38(43(39,40)41)25-6-4-3-5-20(21)25;1-2/h3-6,15-19H,7-14H2,1-2H3,(H,32,33,34)(H,39,40,41);1-2H3. The van der Waals surface area contributed by atoms with Gasteiger partial charge in [-0.1, -0.05) is 55.2 Å². The number of halogens is 2. The summed E-state index contributed by atoms with van der Waals surface area (Å²) in [6.45, 7) is 10.3. The van der Waals surface area contributed by atoms with Crippen LogP contribution < -0.4 is 15.0 Å². The molecule has 2 aliphatic heterocycles.